The summed E-state index contributed by atoms with van der Waals surface area (Å²) in [5, 5.41) is 22.9. The van der Waals surface area contributed by atoms with Crippen LogP contribution in [-0.2, 0) is 4.74 Å². The first kappa shape index (κ1) is 14.3. The van der Waals surface area contributed by atoms with Crippen molar-refractivity contribution in [2.75, 3.05) is 25.1 Å². The van der Waals surface area contributed by atoms with E-state index in [1.54, 1.807) is 0 Å². The van der Waals surface area contributed by atoms with Crippen molar-refractivity contribution in [3.8, 4) is 0 Å². The Labute approximate surface area is 115 Å². The van der Waals surface area contributed by atoms with E-state index in [4.69, 9.17) is 9.84 Å². The largest absolute Gasteiger partial charge is 0.478 e. The summed E-state index contributed by atoms with van der Waals surface area (Å²) >= 11 is 0. The maximum atomic E-state index is 11.0. The molecular formula is C13H16N2O5. The van der Waals surface area contributed by atoms with E-state index in [-0.39, 0.29) is 11.3 Å². The average molecular weight is 280 g/mol. The minimum Gasteiger partial charge on any atom is -0.478 e. The molecule has 108 valence electrons. The van der Waals surface area contributed by atoms with Crippen LogP contribution in [0.3, 0.4) is 0 Å². The summed E-state index contributed by atoms with van der Waals surface area (Å²) < 4.78 is 5.25. The molecule has 1 aromatic rings. The zero-order chi connectivity index (χ0) is 14.5. The van der Waals surface area contributed by atoms with Crippen LogP contribution in [0, 0.1) is 16.0 Å². The lowest BCUT2D eigenvalue weighted by Gasteiger charge is -2.22. The van der Waals surface area contributed by atoms with Crippen LogP contribution in [0.5, 0.6) is 0 Å². The smallest absolute Gasteiger partial charge is 0.335 e. The van der Waals surface area contributed by atoms with Gasteiger partial charge in [0, 0.05) is 25.8 Å². The summed E-state index contributed by atoms with van der Waals surface area (Å²) in [5.41, 5.74) is 0.0526. The fraction of sp³-hybridized carbons (Fsp3) is 0.462. The zero-order valence-electron chi connectivity index (χ0n) is 10.9. The van der Waals surface area contributed by atoms with E-state index in [1.807, 2.05) is 0 Å². The highest BCUT2D eigenvalue weighted by molar-refractivity contribution is 5.89. The number of hydrogen-bond donors (Lipinski definition) is 2. The topological polar surface area (TPSA) is 102 Å². The Morgan fingerprint density at radius 1 is 1.45 bits per heavy atom. The number of ether oxygens (including phenoxy) is 1. The van der Waals surface area contributed by atoms with Crippen LogP contribution >= 0.6 is 0 Å². The Balaban J connectivity index is 2.09. The van der Waals surface area contributed by atoms with E-state index < -0.39 is 10.9 Å². The molecule has 1 saturated heterocycles. The number of hydrogen-bond acceptors (Lipinski definition) is 5. The van der Waals surface area contributed by atoms with E-state index in [9.17, 15) is 14.9 Å². The number of nitro groups is 1. The molecule has 0 bridgehead atoms. The number of nitrogens with one attached hydrogen (secondary N) is 1. The van der Waals surface area contributed by atoms with Crippen LogP contribution < -0.4 is 5.32 Å². The minimum absolute atomic E-state index is 0.0895. The first-order valence-corrected chi connectivity index (χ1v) is 6.41. The van der Waals surface area contributed by atoms with Gasteiger partial charge in [-0.3, -0.25) is 10.1 Å². The molecule has 1 fully saturated rings. The third kappa shape index (κ3) is 3.45. The predicted molar refractivity (Wildman–Crippen MR) is 72.1 cm³/mol. The zero-order valence-corrected chi connectivity index (χ0v) is 10.9. The van der Waals surface area contributed by atoms with Gasteiger partial charge in [0.25, 0.3) is 5.69 Å². The van der Waals surface area contributed by atoms with Crippen molar-refractivity contribution < 1.29 is 19.6 Å². The van der Waals surface area contributed by atoms with Crippen molar-refractivity contribution in [1.29, 1.82) is 0 Å². The second-order valence-corrected chi connectivity index (χ2v) is 4.73. The van der Waals surface area contributed by atoms with Crippen molar-refractivity contribution in [1.82, 2.24) is 0 Å². The van der Waals surface area contributed by atoms with E-state index >= 15 is 0 Å². The van der Waals surface area contributed by atoms with Gasteiger partial charge < -0.3 is 15.2 Å². The van der Waals surface area contributed by atoms with Crippen molar-refractivity contribution in [2.24, 2.45) is 5.92 Å². The molecule has 20 heavy (non-hydrogen) atoms. The van der Waals surface area contributed by atoms with E-state index in [2.05, 4.69) is 5.32 Å². The number of aromatic carboxylic acids is 1. The minimum atomic E-state index is -1.18. The van der Waals surface area contributed by atoms with Gasteiger partial charge in [-0.25, -0.2) is 4.79 Å². The van der Waals surface area contributed by atoms with Crippen LogP contribution in [0.2, 0.25) is 0 Å². The van der Waals surface area contributed by atoms with Crippen molar-refractivity contribution in [3.63, 3.8) is 0 Å². The summed E-state index contributed by atoms with van der Waals surface area (Å²) in [5.74, 6) is -0.758. The van der Waals surface area contributed by atoms with Crippen molar-refractivity contribution >= 4 is 17.3 Å². The SMILES string of the molecule is O=C(O)c1ccc(NCC2CCOCC2)c([N+](=O)[O-])c1. The highest BCUT2D eigenvalue weighted by atomic mass is 16.6. The van der Waals surface area contributed by atoms with E-state index in [0.29, 0.717) is 31.4 Å². The molecule has 0 aliphatic carbocycles. The average Bonchev–Trinajstić information content (AvgIpc) is 2.45. The maximum Gasteiger partial charge on any atom is 0.335 e. The molecule has 7 nitrogen and oxygen atoms in total. The molecule has 2 N–H and O–H groups in total. The predicted octanol–water partition coefficient (Wildman–Crippen LogP) is 2.13. The quantitative estimate of drug-likeness (QED) is 0.632. The lowest BCUT2D eigenvalue weighted by Crippen LogP contribution is -2.22. The van der Waals surface area contributed by atoms with Crippen LogP contribution in [-0.4, -0.2) is 35.8 Å². The second kappa shape index (κ2) is 6.33. The number of nitro benzene ring substituents is 1. The number of benzene rings is 1. The Kier molecular flexibility index (Phi) is 4.52. The fourth-order valence-corrected chi connectivity index (χ4v) is 2.17. The van der Waals surface area contributed by atoms with Gasteiger partial charge in [0.05, 0.1) is 10.5 Å². The molecule has 1 aliphatic heterocycles. The Morgan fingerprint density at radius 2 is 2.15 bits per heavy atom. The van der Waals surface area contributed by atoms with Gasteiger partial charge in [-0.15, -0.1) is 0 Å². The molecule has 0 atom stereocenters. The molecule has 2 rings (SSSR count). The van der Waals surface area contributed by atoms with Crippen LogP contribution in [0.25, 0.3) is 0 Å². The molecular weight excluding hydrogens is 264 g/mol. The molecule has 0 unspecified atom stereocenters. The third-order valence-corrected chi connectivity index (χ3v) is 3.36. The summed E-state index contributed by atoms with van der Waals surface area (Å²) in [4.78, 5) is 21.3. The van der Waals surface area contributed by atoms with Gasteiger partial charge in [-0.1, -0.05) is 0 Å². The number of nitrogens with zero attached hydrogens (tertiary/aromatic N) is 1. The first-order chi connectivity index (χ1) is 9.58. The number of carboxylic acids is 1. The van der Waals surface area contributed by atoms with Crippen LogP contribution in [0.1, 0.15) is 23.2 Å². The van der Waals surface area contributed by atoms with Crippen molar-refractivity contribution in [2.45, 2.75) is 12.8 Å². The van der Waals surface area contributed by atoms with E-state index in [0.717, 1.165) is 18.9 Å². The van der Waals surface area contributed by atoms with Crippen LogP contribution in [0.15, 0.2) is 18.2 Å². The van der Waals surface area contributed by atoms with Crippen molar-refractivity contribution in [3.05, 3.63) is 33.9 Å². The standard InChI is InChI=1S/C13H16N2O5/c16-13(17)10-1-2-11(12(7-10)15(18)19)14-8-9-3-5-20-6-4-9/h1-2,7,9,14H,3-6,8H2,(H,16,17). The summed E-state index contributed by atoms with van der Waals surface area (Å²) in [7, 11) is 0. The first-order valence-electron chi connectivity index (χ1n) is 6.41. The third-order valence-electron chi connectivity index (χ3n) is 3.36. The number of carbonyl (C=O) groups is 1. The molecule has 0 spiro atoms. The Hall–Kier alpha value is -2.15. The monoisotopic (exact) mass is 280 g/mol. The molecule has 0 aromatic heterocycles. The lowest BCUT2D eigenvalue weighted by atomic mass is 10.0. The number of carboxylic acid groups (broad SMARTS) is 1. The summed E-state index contributed by atoms with van der Waals surface area (Å²) in [6, 6.07) is 3.89. The molecule has 0 amide bonds. The fourth-order valence-electron chi connectivity index (χ4n) is 2.17. The molecule has 7 heteroatoms. The second-order valence-electron chi connectivity index (χ2n) is 4.73. The molecule has 1 aromatic carbocycles. The molecule has 1 heterocycles. The highest BCUT2D eigenvalue weighted by Gasteiger charge is 2.19. The van der Waals surface area contributed by atoms with Gasteiger partial charge in [0.15, 0.2) is 0 Å². The van der Waals surface area contributed by atoms with Gasteiger partial charge in [-0.2, -0.15) is 0 Å². The number of rotatable bonds is 5. The lowest BCUT2D eigenvalue weighted by molar-refractivity contribution is -0.384. The molecule has 0 radical (unpaired) electrons. The van der Waals surface area contributed by atoms with Gasteiger partial charge in [-0.05, 0) is 30.9 Å². The highest BCUT2D eigenvalue weighted by Crippen LogP contribution is 2.26. The summed E-state index contributed by atoms with van der Waals surface area (Å²) in [6.07, 6.45) is 1.85. The maximum absolute atomic E-state index is 11.0. The Morgan fingerprint density at radius 3 is 2.75 bits per heavy atom. The van der Waals surface area contributed by atoms with Gasteiger partial charge in [0.1, 0.15) is 5.69 Å². The molecule has 0 saturated carbocycles. The van der Waals surface area contributed by atoms with Gasteiger partial charge >= 0.3 is 5.97 Å². The summed E-state index contributed by atoms with van der Waals surface area (Å²) in [6.45, 7) is 2.05. The van der Waals surface area contributed by atoms with E-state index in [1.165, 1.54) is 12.1 Å². The Bertz CT molecular complexity index is 511. The number of anilines is 1. The normalized spacial score (nSPS) is 15.8. The van der Waals surface area contributed by atoms with Gasteiger partial charge in [0.2, 0.25) is 0 Å². The van der Waals surface area contributed by atoms with Crippen LogP contribution in [0.4, 0.5) is 11.4 Å². The molecule has 1 aliphatic rings.